The van der Waals surface area contributed by atoms with Crippen LogP contribution in [0.2, 0.25) is 0 Å². The molecule has 1 aromatic carbocycles. The van der Waals surface area contributed by atoms with Crippen LogP contribution in [-0.2, 0) is 25.9 Å². The van der Waals surface area contributed by atoms with Gasteiger partial charge in [0.15, 0.2) is 5.69 Å². The number of fused-ring (bicyclic) bond motifs is 1. The average Bonchev–Trinajstić information content (AvgIpc) is 3.13. The van der Waals surface area contributed by atoms with Gasteiger partial charge in [0.25, 0.3) is 5.91 Å². The zero-order valence-electron chi connectivity index (χ0n) is 19.3. The topological polar surface area (TPSA) is 53.4 Å². The van der Waals surface area contributed by atoms with E-state index < -0.39 is 0 Å². The van der Waals surface area contributed by atoms with Crippen molar-refractivity contribution in [2.45, 2.75) is 70.6 Å². The van der Waals surface area contributed by atoms with Crippen LogP contribution in [0.25, 0.3) is 0 Å². The number of nitrogens with zero attached hydrogens (tertiary/aromatic N) is 4. The molecule has 2 aliphatic rings. The van der Waals surface area contributed by atoms with Crippen molar-refractivity contribution in [3.05, 3.63) is 52.8 Å². The number of carbonyl (C=O) groups excluding carboxylic acids is 1. The number of hydrogen-bond acceptors (Lipinski definition) is 4. The smallest absolute Gasteiger partial charge is 0.274 e. The quantitative estimate of drug-likeness (QED) is 0.744. The fourth-order valence-corrected chi connectivity index (χ4v) is 5.04. The molecule has 1 N–H and O–H groups in total. The van der Waals surface area contributed by atoms with E-state index in [2.05, 4.69) is 52.2 Å². The fraction of sp³-hybridized carbons (Fsp3) is 0.600. The third-order valence-corrected chi connectivity index (χ3v) is 6.70. The van der Waals surface area contributed by atoms with Crippen LogP contribution in [-0.4, -0.2) is 64.8 Å². The summed E-state index contributed by atoms with van der Waals surface area (Å²) in [6.45, 7) is 6.39. The van der Waals surface area contributed by atoms with Crippen LogP contribution < -0.4 is 5.32 Å². The lowest BCUT2D eigenvalue weighted by Gasteiger charge is -2.35. The van der Waals surface area contributed by atoms with Gasteiger partial charge in [-0.3, -0.25) is 14.4 Å². The zero-order chi connectivity index (χ0) is 21.8. The summed E-state index contributed by atoms with van der Waals surface area (Å²) >= 11 is 0. The Hall–Kier alpha value is -2.18. The maximum absolute atomic E-state index is 12.7. The minimum atomic E-state index is 0.0287. The van der Waals surface area contributed by atoms with Crippen molar-refractivity contribution in [1.29, 1.82) is 0 Å². The number of aryl methyl sites for hydroxylation is 1. The second-order valence-electron chi connectivity index (χ2n) is 9.34. The monoisotopic (exact) mass is 423 g/mol. The van der Waals surface area contributed by atoms with Gasteiger partial charge in [0.1, 0.15) is 0 Å². The van der Waals surface area contributed by atoms with Crippen molar-refractivity contribution in [3.8, 4) is 0 Å². The molecular formula is C25H37N5O. The van der Waals surface area contributed by atoms with E-state index in [4.69, 9.17) is 5.10 Å². The van der Waals surface area contributed by atoms with Crippen LogP contribution in [0.5, 0.6) is 0 Å². The van der Waals surface area contributed by atoms with Gasteiger partial charge in [-0.15, -0.1) is 0 Å². The minimum Gasteiger partial charge on any atom is -0.343 e. The third-order valence-electron chi connectivity index (χ3n) is 6.70. The molecular weight excluding hydrogens is 386 g/mol. The molecule has 0 radical (unpaired) electrons. The summed E-state index contributed by atoms with van der Waals surface area (Å²) in [5.41, 5.74) is 4.52. The summed E-state index contributed by atoms with van der Waals surface area (Å²) in [5, 5.41) is 8.66. The molecule has 0 saturated carbocycles. The van der Waals surface area contributed by atoms with E-state index in [1.165, 1.54) is 29.7 Å². The Morgan fingerprint density at radius 2 is 1.87 bits per heavy atom. The molecule has 1 unspecified atom stereocenters. The number of piperidine rings is 1. The number of hydrogen-bond donors (Lipinski definition) is 1. The van der Waals surface area contributed by atoms with E-state index in [9.17, 15) is 4.79 Å². The number of aromatic nitrogens is 2. The summed E-state index contributed by atoms with van der Waals surface area (Å²) < 4.78 is 2.09. The first-order chi connectivity index (χ1) is 15.0. The standard InChI is InChI=1S/C25H37N5O/c1-4-14-30-23-11-10-21(17-22(23)24(27-30)25(31)28(2)3)26-20-12-15-29(16-13-20)18-19-8-6-5-7-9-19/h5-9,20-21,26H,4,10-18H2,1-3H3. The van der Waals surface area contributed by atoms with Crippen LogP contribution >= 0.6 is 0 Å². The first kappa shape index (κ1) is 22.0. The van der Waals surface area contributed by atoms with E-state index in [1.54, 1.807) is 4.90 Å². The number of nitrogens with one attached hydrogen (secondary N) is 1. The normalized spacial score (nSPS) is 19.9. The minimum absolute atomic E-state index is 0.0287. The lowest BCUT2D eigenvalue weighted by molar-refractivity contribution is 0.0819. The highest BCUT2D eigenvalue weighted by Crippen LogP contribution is 2.27. The van der Waals surface area contributed by atoms with Gasteiger partial charge >= 0.3 is 0 Å². The van der Waals surface area contributed by atoms with E-state index in [0.717, 1.165) is 51.9 Å². The number of amides is 1. The Morgan fingerprint density at radius 1 is 1.13 bits per heavy atom. The molecule has 2 aromatic rings. The second kappa shape index (κ2) is 9.96. The first-order valence-corrected chi connectivity index (χ1v) is 11.9. The van der Waals surface area contributed by atoms with E-state index >= 15 is 0 Å². The molecule has 1 aromatic heterocycles. The molecule has 1 saturated heterocycles. The van der Waals surface area contributed by atoms with Crippen LogP contribution in [0.4, 0.5) is 0 Å². The van der Waals surface area contributed by atoms with E-state index in [0.29, 0.717) is 17.8 Å². The van der Waals surface area contributed by atoms with Gasteiger partial charge in [-0.05, 0) is 57.2 Å². The summed E-state index contributed by atoms with van der Waals surface area (Å²) in [4.78, 5) is 17.0. The van der Waals surface area contributed by atoms with E-state index in [-0.39, 0.29) is 5.91 Å². The van der Waals surface area contributed by atoms with Crippen molar-refractivity contribution >= 4 is 5.91 Å². The molecule has 0 bridgehead atoms. The SMILES string of the molecule is CCCn1nc(C(=O)N(C)C)c2c1CCC(NC1CCN(Cc3ccccc3)CC1)C2. The summed E-state index contributed by atoms with van der Waals surface area (Å²) in [6, 6.07) is 11.8. The zero-order valence-corrected chi connectivity index (χ0v) is 19.3. The predicted octanol–water partition coefficient (Wildman–Crippen LogP) is 3.11. The van der Waals surface area contributed by atoms with Crippen LogP contribution in [0, 0.1) is 0 Å². The number of rotatable bonds is 7. The van der Waals surface area contributed by atoms with Gasteiger partial charge in [0, 0.05) is 50.5 Å². The highest BCUT2D eigenvalue weighted by atomic mass is 16.2. The van der Waals surface area contributed by atoms with Crippen molar-refractivity contribution < 1.29 is 4.79 Å². The molecule has 31 heavy (non-hydrogen) atoms. The summed E-state index contributed by atoms with van der Waals surface area (Å²) in [5.74, 6) is 0.0287. The Labute approximate surface area is 186 Å². The largest absolute Gasteiger partial charge is 0.343 e. The van der Waals surface area contributed by atoms with E-state index in [1.807, 2.05) is 14.1 Å². The van der Waals surface area contributed by atoms with Gasteiger partial charge in [-0.25, -0.2) is 0 Å². The molecule has 4 rings (SSSR count). The van der Waals surface area contributed by atoms with Crippen LogP contribution in [0.15, 0.2) is 30.3 Å². The van der Waals surface area contributed by atoms with Gasteiger partial charge in [0.05, 0.1) is 0 Å². The molecule has 2 heterocycles. The predicted molar refractivity (Wildman–Crippen MR) is 124 cm³/mol. The maximum atomic E-state index is 12.7. The number of benzene rings is 1. The molecule has 1 amide bonds. The number of likely N-dealkylation sites (tertiary alicyclic amines) is 1. The third kappa shape index (κ3) is 5.18. The van der Waals surface area contributed by atoms with Crippen molar-refractivity contribution in [3.63, 3.8) is 0 Å². The van der Waals surface area contributed by atoms with Gasteiger partial charge in [0.2, 0.25) is 0 Å². The Balaban J connectivity index is 1.35. The van der Waals surface area contributed by atoms with Crippen LogP contribution in [0.1, 0.15) is 59.9 Å². The second-order valence-corrected chi connectivity index (χ2v) is 9.34. The maximum Gasteiger partial charge on any atom is 0.274 e. The summed E-state index contributed by atoms with van der Waals surface area (Å²) in [7, 11) is 3.63. The van der Waals surface area contributed by atoms with Crippen molar-refractivity contribution in [2.75, 3.05) is 27.2 Å². The fourth-order valence-electron chi connectivity index (χ4n) is 5.04. The van der Waals surface area contributed by atoms with Crippen molar-refractivity contribution in [1.82, 2.24) is 24.9 Å². The molecule has 1 atom stereocenters. The average molecular weight is 424 g/mol. The summed E-state index contributed by atoms with van der Waals surface area (Å²) in [6.07, 6.45) is 6.46. The molecule has 0 spiro atoms. The Bertz CT molecular complexity index is 868. The lowest BCUT2D eigenvalue weighted by atomic mass is 9.89. The molecule has 168 valence electrons. The highest BCUT2D eigenvalue weighted by Gasteiger charge is 2.31. The van der Waals surface area contributed by atoms with Crippen molar-refractivity contribution in [2.24, 2.45) is 0 Å². The van der Waals surface area contributed by atoms with Gasteiger partial charge in [-0.2, -0.15) is 5.10 Å². The highest BCUT2D eigenvalue weighted by molar-refractivity contribution is 5.93. The lowest BCUT2D eigenvalue weighted by Crippen LogP contribution is -2.47. The Kier molecular flexibility index (Phi) is 7.08. The molecule has 6 nitrogen and oxygen atoms in total. The first-order valence-electron chi connectivity index (χ1n) is 11.9. The van der Waals surface area contributed by atoms with Crippen LogP contribution in [0.3, 0.4) is 0 Å². The molecule has 6 heteroatoms. The van der Waals surface area contributed by atoms with Gasteiger partial charge < -0.3 is 10.2 Å². The van der Waals surface area contributed by atoms with Gasteiger partial charge in [-0.1, -0.05) is 37.3 Å². The number of carbonyl (C=O) groups is 1. The Morgan fingerprint density at radius 3 is 2.55 bits per heavy atom. The molecule has 1 aliphatic heterocycles. The molecule has 1 aliphatic carbocycles. The molecule has 1 fully saturated rings.